The second kappa shape index (κ2) is 4.59. The van der Waals surface area contributed by atoms with Crippen LogP contribution in [0.1, 0.15) is 5.56 Å². The fourth-order valence-electron chi connectivity index (χ4n) is 1.29. The van der Waals surface area contributed by atoms with Crippen molar-refractivity contribution in [3.8, 4) is 0 Å². The molecule has 0 radical (unpaired) electrons. The molecule has 1 saturated heterocycles. The van der Waals surface area contributed by atoms with Crippen LogP contribution >= 0.6 is 24.0 Å². The standard InChI is InChI=1S/C11H9NOS2/c13-10-9(15-11(14)12-10)7-6-8-4-2-1-3-5-8/h1-5,7H,6H2,(H,12,13,14)/b9-7-. The molecule has 2 rings (SSSR count). The molecule has 1 heterocycles. The van der Waals surface area contributed by atoms with Crippen LogP contribution in [0.4, 0.5) is 0 Å². The van der Waals surface area contributed by atoms with Crippen LogP contribution in [0.15, 0.2) is 41.3 Å². The first-order chi connectivity index (χ1) is 7.25. The molecule has 0 aromatic heterocycles. The van der Waals surface area contributed by atoms with Crippen molar-refractivity contribution < 1.29 is 4.79 Å². The number of carbonyl (C=O) groups excluding carboxylic acids is 1. The summed E-state index contributed by atoms with van der Waals surface area (Å²) in [4.78, 5) is 12.0. The fraction of sp³-hybridized carbons (Fsp3) is 0.0909. The first-order valence-electron chi connectivity index (χ1n) is 4.53. The number of benzene rings is 1. The van der Waals surface area contributed by atoms with E-state index in [4.69, 9.17) is 12.2 Å². The zero-order chi connectivity index (χ0) is 10.7. The first-order valence-corrected chi connectivity index (χ1v) is 5.75. The van der Waals surface area contributed by atoms with E-state index in [0.29, 0.717) is 9.23 Å². The summed E-state index contributed by atoms with van der Waals surface area (Å²) in [5, 5.41) is 2.59. The van der Waals surface area contributed by atoms with Crippen molar-refractivity contribution in [3.63, 3.8) is 0 Å². The minimum absolute atomic E-state index is 0.0825. The Morgan fingerprint density at radius 2 is 2.07 bits per heavy atom. The number of nitrogens with one attached hydrogen (secondary N) is 1. The number of thioether (sulfide) groups is 1. The van der Waals surface area contributed by atoms with Crippen molar-refractivity contribution in [1.29, 1.82) is 0 Å². The van der Waals surface area contributed by atoms with Gasteiger partial charge in [-0.25, -0.2) is 0 Å². The summed E-state index contributed by atoms with van der Waals surface area (Å²) in [5.41, 5.74) is 1.19. The van der Waals surface area contributed by atoms with Crippen molar-refractivity contribution in [3.05, 3.63) is 46.9 Å². The van der Waals surface area contributed by atoms with E-state index in [2.05, 4.69) is 5.32 Å². The highest BCUT2D eigenvalue weighted by Crippen LogP contribution is 2.23. The van der Waals surface area contributed by atoms with Crippen molar-refractivity contribution in [2.24, 2.45) is 0 Å². The van der Waals surface area contributed by atoms with Crippen molar-refractivity contribution in [1.82, 2.24) is 5.32 Å². The van der Waals surface area contributed by atoms with Crippen LogP contribution in [0.25, 0.3) is 0 Å². The molecule has 15 heavy (non-hydrogen) atoms. The van der Waals surface area contributed by atoms with E-state index < -0.39 is 0 Å². The van der Waals surface area contributed by atoms with E-state index in [0.717, 1.165) is 6.42 Å². The molecule has 1 aromatic rings. The number of hydrogen-bond acceptors (Lipinski definition) is 3. The van der Waals surface area contributed by atoms with Crippen molar-refractivity contribution in [2.45, 2.75) is 6.42 Å². The third-order valence-corrected chi connectivity index (χ3v) is 3.22. The molecule has 0 unspecified atom stereocenters. The predicted octanol–water partition coefficient (Wildman–Crippen LogP) is 2.26. The van der Waals surface area contributed by atoms with Gasteiger partial charge in [0.15, 0.2) is 0 Å². The first kappa shape index (κ1) is 10.4. The molecule has 1 N–H and O–H groups in total. The summed E-state index contributed by atoms with van der Waals surface area (Å²) in [7, 11) is 0. The molecule has 2 nitrogen and oxygen atoms in total. The Morgan fingerprint density at radius 1 is 1.33 bits per heavy atom. The van der Waals surface area contributed by atoms with Gasteiger partial charge in [0.25, 0.3) is 5.91 Å². The van der Waals surface area contributed by atoms with E-state index in [-0.39, 0.29) is 5.91 Å². The minimum Gasteiger partial charge on any atom is -0.307 e. The Labute approximate surface area is 97.8 Å². The van der Waals surface area contributed by atoms with Gasteiger partial charge in [0.2, 0.25) is 0 Å². The summed E-state index contributed by atoms with van der Waals surface area (Å²) in [5.74, 6) is -0.0825. The Kier molecular flexibility index (Phi) is 3.18. The maximum atomic E-state index is 11.3. The van der Waals surface area contributed by atoms with E-state index in [1.54, 1.807) is 0 Å². The van der Waals surface area contributed by atoms with E-state index in [1.165, 1.54) is 17.3 Å². The summed E-state index contributed by atoms with van der Waals surface area (Å²) in [6, 6.07) is 10.0. The fourth-order valence-corrected chi connectivity index (χ4v) is 2.30. The minimum atomic E-state index is -0.0825. The van der Waals surface area contributed by atoms with Gasteiger partial charge < -0.3 is 5.32 Å². The molecule has 0 saturated carbocycles. The second-order valence-electron chi connectivity index (χ2n) is 3.10. The van der Waals surface area contributed by atoms with Crippen molar-refractivity contribution >= 4 is 34.2 Å². The number of amides is 1. The lowest BCUT2D eigenvalue weighted by atomic mass is 10.1. The second-order valence-corrected chi connectivity index (χ2v) is 4.82. The average molecular weight is 235 g/mol. The van der Waals surface area contributed by atoms with E-state index in [1.807, 2.05) is 36.4 Å². The van der Waals surface area contributed by atoms with Crippen LogP contribution in [0.3, 0.4) is 0 Å². The zero-order valence-corrected chi connectivity index (χ0v) is 9.53. The Bertz CT molecular complexity index is 425. The summed E-state index contributed by atoms with van der Waals surface area (Å²) in [6.45, 7) is 0. The summed E-state index contributed by atoms with van der Waals surface area (Å²) in [6.07, 6.45) is 2.67. The molecule has 4 heteroatoms. The van der Waals surface area contributed by atoms with Gasteiger partial charge in [-0.2, -0.15) is 0 Å². The zero-order valence-electron chi connectivity index (χ0n) is 7.90. The smallest absolute Gasteiger partial charge is 0.263 e. The number of rotatable bonds is 2. The molecule has 0 aliphatic carbocycles. The molecule has 0 bridgehead atoms. The SMILES string of the molecule is O=C1NC(=S)S/C1=C\Cc1ccccc1. The third kappa shape index (κ3) is 2.67. The van der Waals surface area contributed by atoms with Gasteiger partial charge in [0.05, 0.1) is 4.91 Å². The molecule has 1 aliphatic rings. The van der Waals surface area contributed by atoms with Crippen LogP contribution in [0, 0.1) is 0 Å². The predicted molar refractivity (Wildman–Crippen MR) is 66.6 cm³/mol. The van der Waals surface area contributed by atoms with Gasteiger partial charge >= 0.3 is 0 Å². The molecular formula is C11H9NOS2. The maximum Gasteiger partial charge on any atom is 0.263 e. The average Bonchev–Trinajstić information content (AvgIpc) is 2.56. The van der Waals surface area contributed by atoms with Crippen LogP contribution < -0.4 is 5.32 Å². The number of carbonyl (C=O) groups is 1. The topological polar surface area (TPSA) is 29.1 Å². The molecule has 1 aliphatic heterocycles. The lowest BCUT2D eigenvalue weighted by Gasteiger charge is -1.95. The van der Waals surface area contributed by atoms with Crippen LogP contribution in [-0.4, -0.2) is 10.2 Å². The Hall–Kier alpha value is -1.13. The van der Waals surface area contributed by atoms with E-state index in [9.17, 15) is 4.79 Å². The summed E-state index contributed by atoms with van der Waals surface area (Å²) >= 11 is 6.22. The molecule has 1 amide bonds. The third-order valence-electron chi connectivity index (χ3n) is 2.01. The molecule has 0 spiro atoms. The van der Waals surface area contributed by atoms with Crippen molar-refractivity contribution in [2.75, 3.05) is 0 Å². The number of hydrogen-bond donors (Lipinski definition) is 1. The van der Waals surface area contributed by atoms with Crippen LogP contribution in [0.5, 0.6) is 0 Å². The highest BCUT2D eigenvalue weighted by atomic mass is 32.2. The molecular weight excluding hydrogens is 226 g/mol. The van der Waals surface area contributed by atoms with Gasteiger partial charge in [-0.3, -0.25) is 4.79 Å². The van der Waals surface area contributed by atoms with Gasteiger partial charge in [-0.15, -0.1) is 0 Å². The lowest BCUT2D eigenvalue weighted by molar-refractivity contribution is -0.115. The summed E-state index contributed by atoms with van der Waals surface area (Å²) < 4.78 is 0.541. The molecule has 76 valence electrons. The molecule has 1 aromatic carbocycles. The quantitative estimate of drug-likeness (QED) is 0.630. The normalized spacial score (nSPS) is 18.3. The monoisotopic (exact) mass is 235 g/mol. The van der Waals surface area contributed by atoms with Gasteiger partial charge in [-0.1, -0.05) is 60.4 Å². The largest absolute Gasteiger partial charge is 0.307 e. The Balaban J connectivity index is 2.06. The Morgan fingerprint density at radius 3 is 2.67 bits per heavy atom. The molecule has 0 atom stereocenters. The number of allylic oxidation sites excluding steroid dienone is 1. The molecule has 1 fully saturated rings. The highest BCUT2D eigenvalue weighted by Gasteiger charge is 2.21. The van der Waals surface area contributed by atoms with Crippen LogP contribution in [0.2, 0.25) is 0 Å². The van der Waals surface area contributed by atoms with Gasteiger partial charge in [-0.05, 0) is 12.0 Å². The van der Waals surface area contributed by atoms with E-state index >= 15 is 0 Å². The maximum absolute atomic E-state index is 11.3. The van der Waals surface area contributed by atoms with Crippen LogP contribution in [-0.2, 0) is 11.2 Å². The lowest BCUT2D eigenvalue weighted by Crippen LogP contribution is -2.17. The highest BCUT2D eigenvalue weighted by molar-refractivity contribution is 8.26. The number of thiocarbonyl (C=S) groups is 1. The van der Waals surface area contributed by atoms with Gasteiger partial charge in [0, 0.05) is 0 Å². The van der Waals surface area contributed by atoms with Gasteiger partial charge in [0.1, 0.15) is 4.32 Å².